The molecule has 1 N–H and O–H groups in total. The van der Waals surface area contributed by atoms with Crippen LogP contribution in [0.5, 0.6) is 5.75 Å². The number of hydrogen-bond acceptors (Lipinski definition) is 6. The summed E-state index contributed by atoms with van der Waals surface area (Å²) in [6.45, 7) is 6.53. The number of halogens is 2. The topological polar surface area (TPSA) is 104 Å². The molecule has 196 valence electrons. The lowest BCUT2D eigenvalue weighted by atomic mass is 10.1. The Morgan fingerprint density at radius 1 is 1.14 bits per heavy atom. The van der Waals surface area contributed by atoms with E-state index in [1.807, 2.05) is 13.8 Å². The molecule has 0 aromatic heterocycles. The van der Waals surface area contributed by atoms with E-state index in [-0.39, 0.29) is 46.1 Å². The third kappa shape index (κ3) is 6.96. The second-order valence-electron chi connectivity index (χ2n) is 9.20. The molecular formula is C25H30ClFN2O6S. The van der Waals surface area contributed by atoms with Gasteiger partial charge in [0.2, 0.25) is 0 Å². The maximum atomic E-state index is 13.2. The molecule has 0 spiro atoms. The summed E-state index contributed by atoms with van der Waals surface area (Å²) in [6.07, 6.45) is 0. The first-order valence-electron chi connectivity index (χ1n) is 11.5. The van der Waals surface area contributed by atoms with Crippen LogP contribution in [0.1, 0.15) is 26.3 Å². The number of carboxylic acids is 1. The molecule has 0 saturated carbocycles. The average molecular weight is 541 g/mol. The highest BCUT2D eigenvalue weighted by Gasteiger charge is 2.33. The smallest absolute Gasteiger partial charge is 0.307 e. The fourth-order valence-corrected chi connectivity index (χ4v) is 6.10. The number of carbonyl (C=O) groups is 2. The van der Waals surface area contributed by atoms with Crippen LogP contribution in [0.25, 0.3) is 0 Å². The number of hydrogen-bond donors (Lipinski definition) is 1. The van der Waals surface area contributed by atoms with Gasteiger partial charge in [-0.05, 0) is 49.7 Å². The van der Waals surface area contributed by atoms with Crippen molar-refractivity contribution >= 4 is 33.3 Å². The Morgan fingerprint density at radius 2 is 1.81 bits per heavy atom. The zero-order valence-electron chi connectivity index (χ0n) is 20.4. The van der Waals surface area contributed by atoms with Crippen LogP contribution in [0.15, 0.2) is 47.4 Å². The molecule has 0 aliphatic carbocycles. The van der Waals surface area contributed by atoms with Gasteiger partial charge in [0.05, 0.1) is 11.7 Å². The first-order chi connectivity index (χ1) is 16.9. The molecular weight excluding hydrogens is 511 g/mol. The standard InChI is InChI=1S/C25H30ClFN2O6S/c1-16(25(31)32)15-36(33,34)23-10-20(26)6-9-22(23)35-14-24(30)29-12-17(2)28(11-18(29)3)13-19-4-7-21(27)8-5-19/h4-10,16-18H,11-15H2,1-3H3,(H,31,32). The van der Waals surface area contributed by atoms with Crippen molar-refractivity contribution in [3.8, 4) is 5.75 Å². The SMILES string of the molecule is CC(CS(=O)(=O)c1cc(Cl)ccc1OCC(=O)N1CC(C)N(Cc2ccc(F)cc2)CC1C)C(=O)O. The van der Waals surface area contributed by atoms with E-state index in [9.17, 15) is 22.4 Å². The van der Waals surface area contributed by atoms with Gasteiger partial charge in [-0.2, -0.15) is 0 Å². The van der Waals surface area contributed by atoms with Crippen molar-refractivity contribution in [1.82, 2.24) is 9.80 Å². The number of nitrogens with zero attached hydrogens (tertiary/aromatic N) is 2. The number of sulfone groups is 1. The van der Waals surface area contributed by atoms with E-state index >= 15 is 0 Å². The Balaban J connectivity index is 1.66. The second-order valence-corrected chi connectivity index (χ2v) is 11.6. The number of amides is 1. The van der Waals surface area contributed by atoms with Gasteiger partial charge >= 0.3 is 5.97 Å². The summed E-state index contributed by atoms with van der Waals surface area (Å²) in [6, 6.07) is 10.3. The molecule has 0 radical (unpaired) electrons. The number of piperazine rings is 1. The Morgan fingerprint density at radius 3 is 2.44 bits per heavy atom. The van der Waals surface area contributed by atoms with E-state index in [0.717, 1.165) is 5.56 Å². The molecule has 1 amide bonds. The van der Waals surface area contributed by atoms with Crippen molar-refractivity contribution in [1.29, 1.82) is 0 Å². The lowest BCUT2D eigenvalue weighted by molar-refractivity contribution is -0.140. The van der Waals surface area contributed by atoms with E-state index < -0.39 is 27.5 Å². The molecule has 1 fully saturated rings. The van der Waals surface area contributed by atoms with Crippen LogP contribution in [0.2, 0.25) is 5.02 Å². The van der Waals surface area contributed by atoms with Crippen molar-refractivity contribution in [3.63, 3.8) is 0 Å². The summed E-state index contributed by atoms with van der Waals surface area (Å²) < 4.78 is 44.5. The maximum Gasteiger partial charge on any atom is 0.307 e. The Hall–Kier alpha value is -2.69. The van der Waals surface area contributed by atoms with Gasteiger partial charge in [0.15, 0.2) is 16.4 Å². The maximum absolute atomic E-state index is 13.2. The van der Waals surface area contributed by atoms with Gasteiger partial charge in [-0.1, -0.05) is 30.7 Å². The predicted molar refractivity (Wildman–Crippen MR) is 133 cm³/mol. The van der Waals surface area contributed by atoms with Crippen molar-refractivity contribution in [2.24, 2.45) is 5.92 Å². The fourth-order valence-electron chi connectivity index (χ4n) is 4.15. The van der Waals surface area contributed by atoms with Gasteiger partial charge in [-0.25, -0.2) is 12.8 Å². The highest BCUT2D eigenvalue weighted by molar-refractivity contribution is 7.91. The highest BCUT2D eigenvalue weighted by atomic mass is 35.5. The number of ether oxygens (including phenoxy) is 1. The number of rotatable bonds is 9. The number of carbonyl (C=O) groups excluding carboxylic acids is 1. The molecule has 1 saturated heterocycles. The largest absolute Gasteiger partial charge is 0.482 e. The number of carboxylic acid groups (broad SMARTS) is 1. The molecule has 2 aromatic carbocycles. The molecule has 3 atom stereocenters. The average Bonchev–Trinajstić information content (AvgIpc) is 2.81. The van der Waals surface area contributed by atoms with E-state index in [4.69, 9.17) is 21.4 Å². The zero-order valence-corrected chi connectivity index (χ0v) is 21.9. The molecule has 0 bridgehead atoms. The third-order valence-corrected chi connectivity index (χ3v) is 8.38. The molecule has 3 rings (SSSR count). The molecule has 1 heterocycles. The minimum atomic E-state index is -4.04. The van der Waals surface area contributed by atoms with Crippen molar-refractivity contribution in [3.05, 3.63) is 58.9 Å². The molecule has 8 nitrogen and oxygen atoms in total. The molecule has 1 aliphatic rings. The first-order valence-corrected chi connectivity index (χ1v) is 13.6. The summed E-state index contributed by atoms with van der Waals surface area (Å²) in [5.74, 6) is -3.63. The molecule has 2 aromatic rings. The van der Waals surface area contributed by atoms with Crippen molar-refractivity contribution in [2.45, 2.75) is 44.3 Å². The summed E-state index contributed by atoms with van der Waals surface area (Å²) in [7, 11) is -4.04. The summed E-state index contributed by atoms with van der Waals surface area (Å²) in [4.78, 5) is 27.8. The van der Waals surface area contributed by atoms with E-state index in [2.05, 4.69) is 4.90 Å². The van der Waals surface area contributed by atoms with Crippen LogP contribution < -0.4 is 4.74 Å². The number of benzene rings is 2. The van der Waals surface area contributed by atoms with Crippen LogP contribution in [0.4, 0.5) is 4.39 Å². The molecule has 3 unspecified atom stereocenters. The summed E-state index contributed by atoms with van der Waals surface area (Å²) in [5, 5.41) is 9.25. The first kappa shape index (κ1) is 27.9. The minimum absolute atomic E-state index is 0.0409. The Labute approximate surface area is 215 Å². The van der Waals surface area contributed by atoms with Crippen LogP contribution in [0.3, 0.4) is 0 Å². The van der Waals surface area contributed by atoms with Gasteiger partial charge in [0.1, 0.15) is 16.5 Å². The lowest BCUT2D eigenvalue weighted by Crippen LogP contribution is -2.58. The van der Waals surface area contributed by atoms with Gasteiger partial charge in [-0.3, -0.25) is 14.5 Å². The quantitative estimate of drug-likeness (QED) is 0.519. The summed E-state index contributed by atoms with van der Waals surface area (Å²) in [5.41, 5.74) is 0.979. The lowest BCUT2D eigenvalue weighted by Gasteiger charge is -2.44. The van der Waals surface area contributed by atoms with Crippen LogP contribution in [-0.2, 0) is 26.0 Å². The van der Waals surface area contributed by atoms with Gasteiger partial charge < -0.3 is 14.7 Å². The van der Waals surface area contributed by atoms with Gasteiger partial charge in [0.25, 0.3) is 5.91 Å². The normalized spacial score (nSPS) is 19.6. The Kier molecular flexibility index (Phi) is 8.97. The van der Waals surface area contributed by atoms with Crippen LogP contribution in [-0.4, -0.2) is 72.7 Å². The highest BCUT2D eigenvalue weighted by Crippen LogP contribution is 2.29. The van der Waals surface area contributed by atoms with Gasteiger partial charge in [0, 0.05) is 36.7 Å². The number of aliphatic carboxylic acids is 1. The van der Waals surface area contributed by atoms with Crippen LogP contribution in [0, 0.1) is 11.7 Å². The predicted octanol–water partition coefficient (Wildman–Crippen LogP) is 3.47. The second kappa shape index (κ2) is 11.6. The van der Waals surface area contributed by atoms with Crippen molar-refractivity contribution < 1.29 is 32.2 Å². The third-order valence-electron chi connectivity index (χ3n) is 6.22. The monoisotopic (exact) mass is 540 g/mol. The van der Waals surface area contributed by atoms with E-state index in [1.54, 1.807) is 17.0 Å². The van der Waals surface area contributed by atoms with Crippen LogP contribution >= 0.6 is 11.6 Å². The minimum Gasteiger partial charge on any atom is -0.482 e. The Bertz CT molecular complexity index is 1210. The molecule has 1 aliphatic heterocycles. The molecule has 36 heavy (non-hydrogen) atoms. The van der Waals surface area contributed by atoms with E-state index in [1.165, 1.54) is 37.3 Å². The van der Waals surface area contributed by atoms with Gasteiger partial charge in [-0.15, -0.1) is 0 Å². The van der Waals surface area contributed by atoms with Crippen molar-refractivity contribution in [2.75, 3.05) is 25.4 Å². The summed E-state index contributed by atoms with van der Waals surface area (Å²) >= 11 is 5.99. The molecule has 11 heteroatoms. The fraction of sp³-hybridized carbons (Fsp3) is 0.440. The van der Waals surface area contributed by atoms with E-state index in [0.29, 0.717) is 19.6 Å². The zero-order chi connectivity index (χ0) is 26.6.